The maximum absolute atomic E-state index is 11.2. The molecule has 0 radical (unpaired) electrons. The second-order valence-corrected chi connectivity index (χ2v) is 5.04. The van der Waals surface area contributed by atoms with E-state index in [2.05, 4.69) is 26.0 Å². The van der Waals surface area contributed by atoms with Crippen molar-refractivity contribution in [2.45, 2.75) is 46.0 Å². The maximum atomic E-state index is 11.2. The van der Waals surface area contributed by atoms with Crippen LogP contribution < -0.4 is 0 Å². The van der Waals surface area contributed by atoms with Gasteiger partial charge < -0.3 is 5.11 Å². The van der Waals surface area contributed by atoms with E-state index in [0.717, 1.165) is 12.0 Å². The predicted octanol–water partition coefficient (Wildman–Crippen LogP) is 4.02. The second kappa shape index (κ2) is 5.85. The molecule has 0 fully saturated rings. The summed E-state index contributed by atoms with van der Waals surface area (Å²) in [6.07, 6.45) is 1.10. The van der Waals surface area contributed by atoms with Gasteiger partial charge in [0.15, 0.2) is 0 Å². The van der Waals surface area contributed by atoms with Gasteiger partial charge in [-0.3, -0.25) is 4.79 Å². The lowest BCUT2D eigenvalue weighted by Gasteiger charge is -2.17. The first-order chi connectivity index (χ1) is 7.97. The molecule has 0 aromatic heterocycles. The highest BCUT2D eigenvalue weighted by atomic mass is 16.4. The highest BCUT2D eigenvalue weighted by Crippen LogP contribution is 2.27. The zero-order chi connectivity index (χ0) is 13.0. The number of carboxylic acids is 1. The van der Waals surface area contributed by atoms with Gasteiger partial charge in [0.05, 0.1) is 5.92 Å². The number of carbonyl (C=O) groups is 1. The number of carboxylic acid groups (broad SMARTS) is 1. The molecule has 0 bridgehead atoms. The minimum atomic E-state index is -0.740. The summed E-state index contributed by atoms with van der Waals surface area (Å²) >= 11 is 0. The van der Waals surface area contributed by atoms with Crippen LogP contribution in [0, 0.1) is 5.92 Å². The molecule has 1 aromatic rings. The minimum Gasteiger partial charge on any atom is -0.481 e. The number of hydrogen-bond acceptors (Lipinski definition) is 1. The molecule has 0 amide bonds. The molecule has 2 nitrogen and oxygen atoms in total. The fourth-order valence-corrected chi connectivity index (χ4v) is 2.08. The quantitative estimate of drug-likeness (QED) is 0.835. The third kappa shape index (κ3) is 3.32. The summed E-state index contributed by atoms with van der Waals surface area (Å²) in [5.74, 6) is -0.495. The van der Waals surface area contributed by atoms with Crippen molar-refractivity contribution in [2.75, 3.05) is 0 Å². The fourth-order valence-electron chi connectivity index (χ4n) is 2.08. The van der Waals surface area contributed by atoms with Crippen LogP contribution in [-0.4, -0.2) is 11.1 Å². The number of hydrogen-bond donors (Lipinski definition) is 1. The largest absolute Gasteiger partial charge is 0.481 e. The van der Waals surface area contributed by atoms with Crippen LogP contribution in [-0.2, 0) is 4.79 Å². The summed E-state index contributed by atoms with van der Waals surface area (Å²) < 4.78 is 0. The molecular weight excluding hydrogens is 212 g/mol. The zero-order valence-corrected chi connectivity index (χ0v) is 11.1. The maximum Gasteiger partial charge on any atom is 0.311 e. The highest BCUT2D eigenvalue weighted by Gasteiger charge is 2.23. The van der Waals surface area contributed by atoms with Crippen LogP contribution in [0.3, 0.4) is 0 Å². The van der Waals surface area contributed by atoms with Gasteiger partial charge >= 0.3 is 5.97 Å². The molecule has 0 saturated heterocycles. The van der Waals surface area contributed by atoms with E-state index in [0.29, 0.717) is 5.92 Å². The van der Waals surface area contributed by atoms with Gasteiger partial charge in [0, 0.05) is 0 Å². The average Bonchev–Trinajstić information content (AvgIpc) is 2.28. The average molecular weight is 234 g/mol. The Morgan fingerprint density at radius 1 is 1.12 bits per heavy atom. The topological polar surface area (TPSA) is 37.3 Å². The lowest BCUT2D eigenvalue weighted by Crippen LogP contribution is -2.17. The summed E-state index contributed by atoms with van der Waals surface area (Å²) in [6, 6.07) is 8.03. The van der Waals surface area contributed by atoms with Crippen molar-refractivity contribution in [1.29, 1.82) is 0 Å². The van der Waals surface area contributed by atoms with E-state index < -0.39 is 11.9 Å². The Kier molecular flexibility index (Phi) is 4.73. The van der Waals surface area contributed by atoms with Crippen LogP contribution >= 0.6 is 0 Å². The van der Waals surface area contributed by atoms with Crippen molar-refractivity contribution in [1.82, 2.24) is 0 Å². The van der Waals surface area contributed by atoms with Crippen molar-refractivity contribution in [2.24, 2.45) is 5.92 Å². The van der Waals surface area contributed by atoms with Crippen LogP contribution in [0.25, 0.3) is 0 Å². The summed E-state index contributed by atoms with van der Waals surface area (Å²) in [5, 5.41) is 9.22. The minimum absolute atomic E-state index is 0.113. The molecule has 0 heterocycles. The van der Waals surface area contributed by atoms with Crippen LogP contribution in [0.5, 0.6) is 0 Å². The number of aliphatic carboxylic acids is 1. The molecule has 1 aromatic carbocycles. The van der Waals surface area contributed by atoms with Crippen LogP contribution in [0.2, 0.25) is 0 Å². The van der Waals surface area contributed by atoms with Crippen LogP contribution in [0.1, 0.15) is 57.1 Å². The Hall–Kier alpha value is -1.31. The third-order valence-electron chi connectivity index (χ3n) is 3.41. The molecule has 94 valence electrons. The molecule has 17 heavy (non-hydrogen) atoms. The molecule has 0 aliphatic heterocycles. The predicted molar refractivity (Wildman–Crippen MR) is 70.4 cm³/mol. The van der Waals surface area contributed by atoms with E-state index in [-0.39, 0.29) is 5.92 Å². The van der Waals surface area contributed by atoms with E-state index in [1.165, 1.54) is 5.56 Å². The van der Waals surface area contributed by atoms with Crippen molar-refractivity contribution in [3.63, 3.8) is 0 Å². The monoisotopic (exact) mass is 234 g/mol. The number of rotatable bonds is 5. The Morgan fingerprint density at radius 3 is 1.94 bits per heavy atom. The van der Waals surface area contributed by atoms with Gasteiger partial charge in [0.1, 0.15) is 0 Å². The first-order valence-corrected chi connectivity index (χ1v) is 6.30. The van der Waals surface area contributed by atoms with Crippen LogP contribution in [0.15, 0.2) is 24.3 Å². The molecule has 2 heteroatoms. The highest BCUT2D eigenvalue weighted by molar-refractivity contribution is 5.76. The third-order valence-corrected chi connectivity index (χ3v) is 3.41. The lowest BCUT2D eigenvalue weighted by atomic mass is 9.87. The van der Waals surface area contributed by atoms with E-state index in [1.54, 1.807) is 0 Å². The van der Waals surface area contributed by atoms with Crippen molar-refractivity contribution in [3.05, 3.63) is 35.4 Å². The van der Waals surface area contributed by atoms with Crippen molar-refractivity contribution in [3.8, 4) is 0 Å². The summed E-state index contributed by atoms with van der Waals surface area (Å²) in [6.45, 7) is 8.24. The van der Waals surface area contributed by atoms with Gasteiger partial charge in [0.25, 0.3) is 0 Å². The molecular formula is C15H22O2. The lowest BCUT2D eigenvalue weighted by molar-refractivity contribution is -0.139. The molecule has 2 unspecified atom stereocenters. The SMILES string of the molecule is CCC(C)c1ccc(C(C(=O)O)C(C)C)cc1. The molecule has 1 N–H and O–H groups in total. The molecule has 0 spiro atoms. The van der Waals surface area contributed by atoms with E-state index in [9.17, 15) is 9.90 Å². The van der Waals surface area contributed by atoms with E-state index in [1.807, 2.05) is 26.0 Å². The van der Waals surface area contributed by atoms with Gasteiger partial charge in [-0.1, -0.05) is 52.0 Å². The Morgan fingerprint density at radius 2 is 1.59 bits per heavy atom. The fraction of sp³-hybridized carbons (Fsp3) is 0.533. The Bertz CT molecular complexity index is 365. The number of benzene rings is 1. The normalized spacial score (nSPS) is 14.6. The summed E-state index contributed by atoms with van der Waals surface area (Å²) in [7, 11) is 0. The van der Waals surface area contributed by atoms with Crippen LogP contribution in [0.4, 0.5) is 0 Å². The smallest absolute Gasteiger partial charge is 0.311 e. The van der Waals surface area contributed by atoms with Gasteiger partial charge in [-0.05, 0) is 29.4 Å². The first-order valence-electron chi connectivity index (χ1n) is 6.30. The second-order valence-electron chi connectivity index (χ2n) is 5.04. The van der Waals surface area contributed by atoms with Gasteiger partial charge in [-0.15, -0.1) is 0 Å². The van der Waals surface area contributed by atoms with E-state index >= 15 is 0 Å². The van der Waals surface area contributed by atoms with Crippen molar-refractivity contribution < 1.29 is 9.90 Å². The molecule has 0 aliphatic rings. The summed E-state index contributed by atoms with van der Waals surface area (Å²) in [4.78, 5) is 11.2. The zero-order valence-electron chi connectivity index (χ0n) is 11.1. The standard InChI is InChI=1S/C15H22O2/c1-5-11(4)12-6-8-13(9-7-12)14(10(2)3)15(16)17/h6-11,14H,5H2,1-4H3,(H,16,17). The van der Waals surface area contributed by atoms with Gasteiger partial charge in [-0.2, -0.15) is 0 Å². The van der Waals surface area contributed by atoms with Crippen molar-refractivity contribution >= 4 is 5.97 Å². The molecule has 2 atom stereocenters. The molecule has 0 aliphatic carbocycles. The van der Waals surface area contributed by atoms with E-state index in [4.69, 9.17) is 0 Å². The molecule has 0 saturated carbocycles. The Labute approximate surface area is 104 Å². The summed E-state index contributed by atoms with van der Waals surface area (Å²) in [5.41, 5.74) is 2.18. The van der Waals surface area contributed by atoms with Gasteiger partial charge in [-0.25, -0.2) is 0 Å². The van der Waals surface area contributed by atoms with Gasteiger partial charge in [0.2, 0.25) is 0 Å². The first kappa shape index (κ1) is 13.8. The molecule has 1 rings (SSSR count). The Balaban J connectivity index is 2.96.